The molecule has 0 atom stereocenters. The van der Waals surface area contributed by atoms with Crippen LogP contribution in [0.4, 0.5) is 0 Å². The van der Waals surface area contributed by atoms with Gasteiger partial charge in [0.15, 0.2) is 0 Å². The van der Waals surface area contributed by atoms with E-state index in [9.17, 15) is 0 Å². The van der Waals surface area contributed by atoms with Crippen LogP contribution in [0.1, 0.15) is 0 Å². The van der Waals surface area contributed by atoms with Crippen molar-refractivity contribution in [3.63, 3.8) is 0 Å². The van der Waals surface area contributed by atoms with Gasteiger partial charge in [0.1, 0.15) is 6.73 Å². The Bertz CT molecular complexity index is 118. The van der Waals surface area contributed by atoms with Crippen LogP contribution in [-0.4, -0.2) is 37.4 Å². The Balaban J connectivity index is 0.000000810. The highest BCUT2D eigenvalue weighted by Gasteiger charge is 2.05. The molecule has 0 aromatic rings. The third kappa shape index (κ3) is 2.58. The average Bonchev–Trinajstić information content (AvgIpc) is 2.17. The first-order valence-electron chi connectivity index (χ1n) is 2.94. The maximum atomic E-state index is 4.92. The summed E-state index contributed by atoms with van der Waals surface area (Å²) in [4.78, 5) is 4.18. The Kier molecular flexibility index (Phi) is 4.47. The van der Waals surface area contributed by atoms with Crippen LogP contribution in [0.2, 0.25) is 0 Å². The average molecular weight is 208 g/mol. The van der Waals surface area contributed by atoms with Gasteiger partial charge in [-0.25, -0.2) is 0 Å². The summed E-state index contributed by atoms with van der Waals surface area (Å²) in [5.74, 6) is 0. The van der Waals surface area contributed by atoms with Gasteiger partial charge in [0.2, 0.25) is 0 Å². The van der Waals surface area contributed by atoms with Crippen molar-refractivity contribution in [2.24, 2.45) is 0 Å². The predicted octanol–water partition coefficient (Wildman–Crippen LogP) is -2.73. The first-order chi connectivity index (χ1) is 4.33. The molecule has 1 rings (SSSR count). The van der Waals surface area contributed by atoms with Gasteiger partial charge in [0.25, 0.3) is 0 Å². The fourth-order valence-electron chi connectivity index (χ4n) is 0.839. The van der Waals surface area contributed by atoms with Gasteiger partial charge in [0, 0.05) is 26.6 Å². The van der Waals surface area contributed by atoms with Crippen molar-refractivity contribution in [2.45, 2.75) is 0 Å². The van der Waals surface area contributed by atoms with Crippen molar-refractivity contribution in [3.05, 3.63) is 12.4 Å². The largest absolute Gasteiger partial charge is 1.00 e. The lowest BCUT2D eigenvalue weighted by atomic mass is 10.8. The van der Waals surface area contributed by atoms with E-state index in [-0.39, 0.29) is 17.0 Å². The molecule has 4 heteroatoms. The van der Waals surface area contributed by atoms with Crippen LogP contribution < -0.4 is 17.0 Å². The maximum Gasteiger partial charge on any atom is 0.119 e. The highest BCUT2D eigenvalue weighted by molar-refractivity contribution is 4.86. The molecule has 0 radical (unpaired) electrons. The van der Waals surface area contributed by atoms with Crippen LogP contribution in [0, 0.1) is 0 Å². The third-order valence-electron chi connectivity index (χ3n) is 1.23. The zero-order valence-electron chi connectivity index (χ0n) is 6.25. The summed E-state index contributed by atoms with van der Waals surface area (Å²) >= 11 is 0. The molecular weight excluding hydrogens is 196 g/mol. The van der Waals surface area contributed by atoms with Crippen LogP contribution in [-0.2, 0) is 4.74 Å². The molecule has 0 aromatic heterocycles. The molecule has 0 unspecified atom stereocenters. The number of hydrogen-bond donors (Lipinski definition) is 0. The van der Waals surface area contributed by atoms with Crippen LogP contribution in [0.15, 0.2) is 12.4 Å². The molecule has 10 heavy (non-hydrogen) atoms. The number of ether oxygens (including phenoxy) is 1. The van der Waals surface area contributed by atoms with Crippen molar-refractivity contribution >= 4 is 0 Å². The van der Waals surface area contributed by atoms with Crippen molar-refractivity contribution in [3.8, 4) is 0 Å². The lowest BCUT2D eigenvalue weighted by molar-refractivity contribution is -0.00000245. The SMILES string of the molecule is COCN1C=CN(C)C1.[Br-]. The Morgan fingerprint density at radius 2 is 2.20 bits per heavy atom. The third-order valence-corrected chi connectivity index (χ3v) is 1.23. The molecule has 0 aliphatic carbocycles. The summed E-state index contributed by atoms with van der Waals surface area (Å²) in [5, 5.41) is 0. The minimum atomic E-state index is 0. The maximum absolute atomic E-state index is 4.92. The molecule has 0 N–H and O–H groups in total. The Morgan fingerprint density at radius 1 is 1.50 bits per heavy atom. The van der Waals surface area contributed by atoms with Gasteiger partial charge in [-0.05, 0) is 0 Å². The Labute approximate surface area is 72.0 Å². The predicted molar refractivity (Wildman–Crippen MR) is 35.5 cm³/mol. The molecule has 0 fully saturated rings. The van der Waals surface area contributed by atoms with Crippen LogP contribution in [0.3, 0.4) is 0 Å². The highest BCUT2D eigenvalue weighted by Crippen LogP contribution is 2.01. The van der Waals surface area contributed by atoms with E-state index in [1.807, 2.05) is 19.4 Å². The highest BCUT2D eigenvalue weighted by atomic mass is 79.9. The van der Waals surface area contributed by atoms with E-state index in [0.29, 0.717) is 6.73 Å². The summed E-state index contributed by atoms with van der Waals surface area (Å²) in [6, 6.07) is 0. The summed E-state index contributed by atoms with van der Waals surface area (Å²) in [6.45, 7) is 1.62. The summed E-state index contributed by atoms with van der Waals surface area (Å²) in [7, 11) is 3.73. The van der Waals surface area contributed by atoms with Crippen molar-refractivity contribution in [2.75, 3.05) is 27.6 Å². The Morgan fingerprint density at radius 3 is 2.60 bits per heavy atom. The zero-order valence-corrected chi connectivity index (χ0v) is 7.84. The fourth-order valence-corrected chi connectivity index (χ4v) is 0.839. The van der Waals surface area contributed by atoms with Gasteiger partial charge in [-0.2, -0.15) is 0 Å². The van der Waals surface area contributed by atoms with Gasteiger partial charge >= 0.3 is 0 Å². The van der Waals surface area contributed by atoms with E-state index in [1.165, 1.54) is 0 Å². The second-order valence-electron chi connectivity index (χ2n) is 2.20. The van der Waals surface area contributed by atoms with E-state index in [4.69, 9.17) is 4.74 Å². The molecule has 0 aromatic carbocycles. The number of nitrogens with zero attached hydrogens (tertiary/aromatic N) is 2. The molecule has 1 aliphatic heterocycles. The van der Waals surface area contributed by atoms with Gasteiger partial charge in [-0.3, -0.25) is 0 Å². The molecule has 1 heterocycles. The number of halogens is 1. The lowest BCUT2D eigenvalue weighted by Gasteiger charge is -2.16. The van der Waals surface area contributed by atoms with E-state index in [0.717, 1.165) is 6.67 Å². The van der Waals surface area contributed by atoms with Gasteiger partial charge in [0.05, 0.1) is 6.67 Å². The molecule has 0 amide bonds. The smallest absolute Gasteiger partial charge is 0.119 e. The molecule has 1 aliphatic rings. The summed E-state index contributed by atoms with van der Waals surface area (Å²) in [5.41, 5.74) is 0. The van der Waals surface area contributed by atoms with E-state index >= 15 is 0 Å². The standard InChI is InChI=1S/C6H12N2O.BrH/c1-7-3-4-8(5-7)6-9-2;/h3-4H,5-6H2,1-2H3;1H/p-1. The summed E-state index contributed by atoms with van der Waals surface area (Å²) in [6.07, 6.45) is 4.04. The summed E-state index contributed by atoms with van der Waals surface area (Å²) < 4.78 is 4.92. The first kappa shape index (κ1) is 9.78. The molecule has 3 nitrogen and oxygen atoms in total. The van der Waals surface area contributed by atoms with E-state index < -0.39 is 0 Å². The minimum absolute atomic E-state index is 0. The zero-order chi connectivity index (χ0) is 6.69. The van der Waals surface area contributed by atoms with Crippen molar-refractivity contribution in [1.82, 2.24) is 9.80 Å². The van der Waals surface area contributed by atoms with Gasteiger partial charge < -0.3 is 31.5 Å². The quantitative estimate of drug-likeness (QED) is 0.490. The van der Waals surface area contributed by atoms with Crippen LogP contribution in [0.25, 0.3) is 0 Å². The minimum Gasteiger partial charge on any atom is -1.00 e. The van der Waals surface area contributed by atoms with Gasteiger partial charge in [-0.15, -0.1) is 0 Å². The molecular formula is C6H12BrN2O-. The lowest BCUT2D eigenvalue weighted by Crippen LogP contribution is -3.00. The number of rotatable bonds is 2. The number of methoxy groups -OCH3 is 1. The van der Waals surface area contributed by atoms with E-state index in [1.54, 1.807) is 7.11 Å². The molecule has 0 saturated heterocycles. The second kappa shape index (κ2) is 4.57. The van der Waals surface area contributed by atoms with Crippen LogP contribution >= 0.6 is 0 Å². The topological polar surface area (TPSA) is 15.7 Å². The van der Waals surface area contributed by atoms with Crippen molar-refractivity contribution < 1.29 is 21.7 Å². The number of hydrogen-bond acceptors (Lipinski definition) is 3. The fraction of sp³-hybridized carbons (Fsp3) is 0.667. The molecule has 0 spiro atoms. The first-order valence-corrected chi connectivity index (χ1v) is 2.94. The molecule has 60 valence electrons. The van der Waals surface area contributed by atoms with Crippen molar-refractivity contribution in [1.29, 1.82) is 0 Å². The monoisotopic (exact) mass is 207 g/mol. The second-order valence-corrected chi connectivity index (χ2v) is 2.20. The normalized spacial score (nSPS) is 15.8. The van der Waals surface area contributed by atoms with Gasteiger partial charge in [-0.1, -0.05) is 0 Å². The van der Waals surface area contributed by atoms with Crippen LogP contribution in [0.5, 0.6) is 0 Å². The Hall–Kier alpha value is -0.220. The molecule has 0 saturated carbocycles. The van der Waals surface area contributed by atoms with E-state index in [2.05, 4.69) is 9.80 Å². The molecule has 0 bridgehead atoms.